The first-order valence-electron chi connectivity index (χ1n) is 6.71. The quantitative estimate of drug-likeness (QED) is 0.879. The lowest BCUT2D eigenvalue weighted by atomic mass is 9.68. The summed E-state index contributed by atoms with van der Waals surface area (Å²) in [5.74, 6) is 0.0921. The Morgan fingerprint density at radius 3 is 3.00 bits per heavy atom. The molecule has 3 rings (SSSR count). The smallest absolute Gasteiger partial charge is 0.253 e. The van der Waals surface area contributed by atoms with Gasteiger partial charge >= 0.3 is 0 Å². The molecule has 1 amide bonds. The van der Waals surface area contributed by atoms with Crippen LogP contribution in [0, 0.1) is 5.92 Å². The number of ether oxygens (including phenoxy) is 1. The molecule has 1 aliphatic heterocycles. The van der Waals surface area contributed by atoms with Gasteiger partial charge in [0, 0.05) is 23.6 Å². The van der Waals surface area contributed by atoms with Gasteiger partial charge in [-0.25, -0.2) is 0 Å². The molecule has 2 fully saturated rings. The van der Waals surface area contributed by atoms with Crippen molar-refractivity contribution in [2.75, 3.05) is 6.61 Å². The zero-order chi connectivity index (χ0) is 14.3. The summed E-state index contributed by atoms with van der Waals surface area (Å²) in [7, 11) is 0. The van der Waals surface area contributed by atoms with Crippen LogP contribution in [0.1, 0.15) is 23.2 Å². The molecular weight excluding hydrogens is 299 g/mol. The number of hydrogen-bond acceptors (Lipinski definition) is 3. The summed E-state index contributed by atoms with van der Waals surface area (Å²) in [5.41, 5.74) is 6.48. The molecule has 0 aromatic heterocycles. The normalized spacial score (nSPS) is 32.1. The van der Waals surface area contributed by atoms with Gasteiger partial charge < -0.3 is 15.8 Å². The highest BCUT2D eigenvalue weighted by Crippen LogP contribution is 2.37. The Hall–Kier alpha value is -0.810. The molecular formula is C14H16Cl2N2O2. The van der Waals surface area contributed by atoms with E-state index in [-0.39, 0.29) is 24.1 Å². The lowest BCUT2D eigenvalue weighted by Gasteiger charge is -2.52. The summed E-state index contributed by atoms with van der Waals surface area (Å²) in [6, 6.07) is 4.61. The molecule has 6 heteroatoms. The third kappa shape index (κ3) is 2.42. The van der Waals surface area contributed by atoms with Gasteiger partial charge in [-0.05, 0) is 31.0 Å². The second-order valence-corrected chi connectivity index (χ2v) is 6.19. The fraction of sp³-hybridized carbons (Fsp3) is 0.500. The number of nitrogens with one attached hydrogen (secondary N) is 1. The van der Waals surface area contributed by atoms with Crippen LogP contribution in [0.2, 0.25) is 10.0 Å². The second-order valence-electron chi connectivity index (χ2n) is 5.34. The number of amides is 1. The Bertz CT molecular complexity index is 538. The number of rotatable bonds is 2. The van der Waals surface area contributed by atoms with Crippen LogP contribution in [-0.2, 0) is 4.74 Å². The Kier molecular flexibility index (Phi) is 3.91. The largest absolute Gasteiger partial charge is 0.376 e. The summed E-state index contributed by atoms with van der Waals surface area (Å²) < 4.78 is 5.70. The van der Waals surface area contributed by atoms with E-state index in [0.29, 0.717) is 21.5 Å². The molecule has 4 atom stereocenters. The molecule has 1 aromatic carbocycles. The van der Waals surface area contributed by atoms with Gasteiger partial charge in [-0.2, -0.15) is 0 Å². The van der Waals surface area contributed by atoms with E-state index in [2.05, 4.69) is 5.32 Å². The number of benzene rings is 1. The van der Waals surface area contributed by atoms with Gasteiger partial charge in [-0.15, -0.1) is 0 Å². The molecule has 0 spiro atoms. The molecule has 1 heterocycles. The third-order valence-electron chi connectivity index (χ3n) is 4.15. The average molecular weight is 315 g/mol. The summed E-state index contributed by atoms with van der Waals surface area (Å²) in [6.45, 7) is 0.734. The Morgan fingerprint density at radius 2 is 2.20 bits per heavy atom. The van der Waals surface area contributed by atoms with E-state index in [9.17, 15) is 4.79 Å². The van der Waals surface area contributed by atoms with Crippen molar-refractivity contribution in [3.8, 4) is 0 Å². The minimum absolute atomic E-state index is 0.0284. The minimum Gasteiger partial charge on any atom is -0.376 e. The summed E-state index contributed by atoms with van der Waals surface area (Å²) >= 11 is 11.9. The van der Waals surface area contributed by atoms with Crippen molar-refractivity contribution in [3.05, 3.63) is 33.8 Å². The maximum Gasteiger partial charge on any atom is 0.253 e. The highest BCUT2D eigenvalue weighted by atomic mass is 35.5. The van der Waals surface area contributed by atoms with Crippen LogP contribution < -0.4 is 11.1 Å². The van der Waals surface area contributed by atoms with Crippen LogP contribution in [0.4, 0.5) is 0 Å². The second kappa shape index (κ2) is 5.53. The molecule has 0 bridgehead atoms. The summed E-state index contributed by atoms with van der Waals surface area (Å²) in [5, 5.41) is 3.77. The van der Waals surface area contributed by atoms with Gasteiger partial charge in [0.2, 0.25) is 0 Å². The molecule has 0 radical (unpaired) electrons. The number of nitrogens with two attached hydrogens (primary N) is 1. The summed E-state index contributed by atoms with van der Waals surface area (Å²) in [6.07, 6.45) is 2.13. The number of carbonyl (C=O) groups excluding carboxylic acids is 1. The fourth-order valence-electron chi connectivity index (χ4n) is 3.03. The van der Waals surface area contributed by atoms with E-state index < -0.39 is 0 Å². The van der Waals surface area contributed by atoms with Crippen LogP contribution >= 0.6 is 23.2 Å². The minimum atomic E-state index is -0.259. The zero-order valence-electron chi connectivity index (χ0n) is 10.8. The van der Waals surface area contributed by atoms with Crippen molar-refractivity contribution in [1.29, 1.82) is 0 Å². The van der Waals surface area contributed by atoms with Crippen LogP contribution in [0.3, 0.4) is 0 Å². The molecule has 2 aliphatic rings. The predicted molar refractivity (Wildman–Crippen MR) is 78.2 cm³/mol. The first kappa shape index (κ1) is 14.1. The maximum atomic E-state index is 12.3. The molecule has 1 aliphatic carbocycles. The lowest BCUT2D eigenvalue weighted by molar-refractivity contribution is -0.117. The fourth-order valence-corrected chi connectivity index (χ4v) is 3.40. The molecule has 3 N–H and O–H groups in total. The highest BCUT2D eigenvalue weighted by molar-refractivity contribution is 6.35. The number of carbonyl (C=O) groups is 1. The van der Waals surface area contributed by atoms with E-state index in [1.807, 2.05) is 0 Å². The van der Waals surface area contributed by atoms with Crippen molar-refractivity contribution >= 4 is 29.1 Å². The first-order chi connectivity index (χ1) is 9.58. The molecule has 1 saturated heterocycles. The van der Waals surface area contributed by atoms with Crippen LogP contribution in [0.25, 0.3) is 0 Å². The molecule has 20 heavy (non-hydrogen) atoms. The SMILES string of the molecule is NC1C2CCCOC2C1NC(=O)c1cc(Cl)ccc1Cl. The van der Waals surface area contributed by atoms with E-state index in [4.69, 9.17) is 33.7 Å². The predicted octanol–water partition coefficient (Wildman–Crippen LogP) is 2.23. The van der Waals surface area contributed by atoms with Gasteiger partial charge in [-0.3, -0.25) is 4.79 Å². The number of fused-ring (bicyclic) bond motifs is 1. The van der Waals surface area contributed by atoms with E-state index in [1.54, 1.807) is 18.2 Å². The van der Waals surface area contributed by atoms with Crippen LogP contribution in [-0.4, -0.2) is 30.7 Å². The number of hydrogen-bond donors (Lipinski definition) is 2. The van der Waals surface area contributed by atoms with Crippen molar-refractivity contribution in [2.24, 2.45) is 11.7 Å². The van der Waals surface area contributed by atoms with Gasteiger partial charge in [0.05, 0.1) is 22.7 Å². The zero-order valence-corrected chi connectivity index (χ0v) is 12.3. The molecule has 1 saturated carbocycles. The average Bonchev–Trinajstić information content (AvgIpc) is 2.46. The summed E-state index contributed by atoms with van der Waals surface area (Å²) in [4.78, 5) is 12.3. The van der Waals surface area contributed by atoms with E-state index in [0.717, 1.165) is 19.4 Å². The highest BCUT2D eigenvalue weighted by Gasteiger charge is 2.51. The Morgan fingerprint density at radius 1 is 1.40 bits per heavy atom. The Balaban J connectivity index is 1.71. The van der Waals surface area contributed by atoms with E-state index in [1.165, 1.54) is 0 Å². The Labute approximate surface area is 127 Å². The topological polar surface area (TPSA) is 64.3 Å². The van der Waals surface area contributed by atoms with E-state index >= 15 is 0 Å². The first-order valence-corrected chi connectivity index (χ1v) is 7.46. The van der Waals surface area contributed by atoms with Gasteiger partial charge in [0.15, 0.2) is 0 Å². The van der Waals surface area contributed by atoms with Gasteiger partial charge in [-0.1, -0.05) is 23.2 Å². The van der Waals surface area contributed by atoms with Crippen LogP contribution in [0.5, 0.6) is 0 Å². The number of halogens is 2. The van der Waals surface area contributed by atoms with Gasteiger partial charge in [0.25, 0.3) is 5.91 Å². The molecule has 4 nitrogen and oxygen atoms in total. The monoisotopic (exact) mass is 314 g/mol. The van der Waals surface area contributed by atoms with Gasteiger partial charge in [0.1, 0.15) is 0 Å². The lowest BCUT2D eigenvalue weighted by Crippen LogP contribution is -2.72. The molecule has 1 aromatic rings. The maximum absolute atomic E-state index is 12.3. The van der Waals surface area contributed by atoms with Crippen molar-refractivity contribution in [2.45, 2.75) is 31.0 Å². The van der Waals surface area contributed by atoms with Crippen molar-refractivity contribution in [3.63, 3.8) is 0 Å². The molecule has 108 valence electrons. The van der Waals surface area contributed by atoms with Crippen molar-refractivity contribution in [1.82, 2.24) is 5.32 Å². The standard InChI is InChI=1S/C14H16Cl2N2O2/c15-7-3-4-10(16)9(6-7)14(19)18-12-11(17)8-2-1-5-20-13(8)12/h3-4,6,8,11-13H,1-2,5,17H2,(H,18,19). The molecule has 4 unspecified atom stereocenters. The third-order valence-corrected chi connectivity index (χ3v) is 4.71. The van der Waals surface area contributed by atoms with Crippen LogP contribution in [0.15, 0.2) is 18.2 Å². The van der Waals surface area contributed by atoms with Crippen molar-refractivity contribution < 1.29 is 9.53 Å².